The summed E-state index contributed by atoms with van der Waals surface area (Å²) in [4.78, 5) is 14.5. The van der Waals surface area contributed by atoms with E-state index < -0.39 is 23.9 Å². The van der Waals surface area contributed by atoms with Gasteiger partial charge < -0.3 is 20.6 Å². The molecule has 1 fully saturated rings. The van der Waals surface area contributed by atoms with Crippen molar-refractivity contribution in [3.8, 4) is 11.3 Å². The van der Waals surface area contributed by atoms with Gasteiger partial charge in [-0.15, -0.1) is 0 Å². The van der Waals surface area contributed by atoms with Gasteiger partial charge in [-0.25, -0.2) is 4.98 Å². The molecule has 4 rings (SSSR count). The van der Waals surface area contributed by atoms with Crippen LogP contribution in [-0.4, -0.2) is 56.7 Å². The maximum absolute atomic E-state index is 13.6. The van der Waals surface area contributed by atoms with E-state index in [0.717, 1.165) is 48.9 Å². The van der Waals surface area contributed by atoms with Crippen molar-refractivity contribution in [1.82, 2.24) is 19.9 Å². The normalized spacial score (nSPS) is 16.1. The number of aliphatic hydroxyl groups is 1. The lowest BCUT2D eigenvalue weighted by atomic mass is 10.1. The van der Waals surface area contributed by atoms with Crippen LogP contribution in [-0.2, 0) is 12.7 Å². The number of halogens is 3. The second-order valence-electron chi connectivity index (χ2n) is 8.72. The van der Waals surface area contributed by atoms with E-state index >= 15 is 0 Å². The van der Waals surface area contributed by atoms with Crippen molar-refractivity contribution in [2.45, 2.75) is 44.6 Å². The van der Waals surface area contributed by atoms with Crippen molar-refractivity contribution in [3.63, 3.8) is 0 Å². The third-order valence-electron chi connectivity index (χ3n) is 6.02. The molecule has 3 heterocycles. The standard InChI is InChI=1S/C25H29F3N6O/c1-17(35)22(16-34-12-4-5-13-34)32-23-20(25(26,27)28)15-31-24(33-23)30-14-18-7-9-19(10-8-18)21-6-2-3-11-29-21/h2-3,6-11,15,17,22,35H,4-5,12-14,16H2,1H3,(H2,30,31,32,33)/t17-,22-/m1/s1. The quantitative estimate of drug-likeness (QED) is 0.413. The molecular formula is C25H29F3N6O. The van der Waals surface area contributed by atoms with Crippen LogP contribution in [0.15, 0.2) is 54.9 Å². The molecule has 2 atom stereocenters. The maximum atomic E-state index is 13.6. The smallest absolute Gasteiger partial charge is 0.391 e. The van der Waals surface area contributed by atoms with E-state index in [4.69, 9.17) is 0 Å². The number of benzene rings is 1. The number of anilines is 2. The minimum atomic E-state index is -4.63. The molecule has 0 spiro atoms. The SMILES string of the molecule is C[C@@H](O)[C@@H](CN1CCCC1)Nc1nc(NCc2ccc(-c3ccccn3)cc2)ncc1C(F)(F)F. The third-order valence-corrected chi connectivity index (χ3v) is 6.02. The summed E-state index contributed by atoms with van der Waals surface area (Å²) in [5.41, 5.74) is 1.78. The summed E-state index contributed by atoms with van der Waals surface area (Å²) >= 11 is 0. The van der Waals surface area contributed by atoms with Crippen LogP contribution in [0.5, 0.6) is 0 Å². The Morgan fingerprint density at radius 1 is 1.06 bits per heavy atom. The average Bonchev–Trinajstić information content (AvgIpc) is 3.36. The summed E-state index contributed by atoms with van der Waals surface area (Å²) in [6, 6.07) is 12.8. The third kappa shape index (κ3) is 6.67. The molecule has 0 aliphatic carbocycles. The Labute approximate surface area is 202 Å². The zero-order valence-electron chi connectivity index (χ0n) is 19.5. The van der Waals surface area contributed by atoms with Gasteiger partial charge in [0.1, 0.15) is 11.4 Å². The number of aromatic nitrogens is 3. The van der Waals surface area contributed by atoms with Crippen molar-refractivity contribution in [2.24, 2.45) is 0 Å². The Kier molecular flexibility index (Phi) is 7.82. The fraction of sp³-hybridized carbons (Fsp3) is 0.400. The molecule has 3 aromatic rings. The number of hydrogen-bond acceptors (Lipinski definition) is 7. The van der Waals surface area contributed by atoms with Crippen molar-refractivity contribution in [2.75, 3.05) is 30.3 Å². The highest BCUT2D eigenvalue weighted by Gasteiger charge is 2.36. The number of aliphatic hydroxyl groups excluding tert-OH is 1. The first kappa shape index (κ1) is 24.9. The van der Waals surface area contributed by atoms with Gasteiger partial charge in [-0.3, -0.25) is 4.98 Å². The lowest BCUT2D eigenvalue weighted by Gasteiger charge is -2.28. The average molecular weight is 487 g/mol. The fourth-order valence-electron chi connectivity index (χ4n) is 4.03. The summed E-state index contributed by atoms with van der Waals surface area (Å²) in [5, 5.41) is 16.1. The highest BCUT2D eigenvalue weighted by atomic mass is 19.4. The van der Waals surface area contributed by atoms with Crippen molar-refractivity contribution >= 4 is 11.8 Å². The first-order valence-electron chi connectivity index (χ1n) is 11.6. The molecule has 1 aromatic carbocycles. The number of rotatable bonds is 9. The van der Waals surface area contributed by atoms with Crippen LogP contribution < -0.4 is 10.6 Å². The maximum Gasteiger partial charge on any atom is 0.421 e. The minimum Gasteiger partial charge on any atom is -0.391 e. The Morgan fingerprint density at radius 2 is 1.80 bits per heavy atom. The summed E-state index contributed by atoms with van der Waals surface area (Å²) < 4.78 is 40.9. The van der Waals surface area contributed by atoms with Crippen molar-refractivity contribution < 1.29 is 18.3 Å². The predicted molar refractivity (Wildman–Crippen MR) is 129 cm³/mol. The van der Waals surface area contributed by atoms with E-state index in [-0.39, 0.29) is 11.8 Å². The van der Waals surface area contributed by atoms with Gasteiger partial charge in [-0.05, 0) is 50.6 Å². The summed E-state index contributed by atoms with van der Waals surface area (Å²) in [6.45, 7) is 4.07. The molecule has 1 aliphatic heterocycles. The van der Waals surface area contributed by atoms with Crippen molar-refractivity contribution in [1.29, 1.82) is 0 Å². The number of alkyl halides is 3. The molecule has 1 aliphatic rings. The van der Waals surface area contributed by atoms with Crippen LogP contribution >= 0.6 is 0 Å². The molecule has 2 aromatic heterocycles. The van der Waals surface area contributed by atoms with E-state index in [1.165, 1.54) is 0 Å². The Balaban J connectivity index is 1.47. The second-order valence-corrected chi connectivity index (χ2v) is 8.72. The molecular weight excluding hydrogens is 457 g/mol. The fourth-order valence-corrected chi connectivity index (χ4v) is 4.03. The lowest BCUT2D eigenvalue weighted by molar-refractivity contribution is -0.137. The highest BCUT2D eigenvalue weighted by molar-refractivity contribution is 5.59. The van der Waals surface area contributed by atoms with Gasteiger partial charge in [-0.1, -0.05) is 30.3 Å². The largest absolute Gasteiger partial charge is 0.421 e. The van der Waals surface area contributed by atoms with Gasteiger partial charge in [0.25, 0.3) is 0 Å². The Morgan fingerprint density at radius 3 is 2.43 bits per heavy atom. The minimum absolute atomic E-state index is 0.0693. The van der Waals surface area contributed by atoms with Crippen LogP contribution in [0.4, 0.5) is 24.9 Å². The number of nitrogens with one attached hydrogen (secondary N) is 2. The summed E-state index contributed by atoms with van der Waals surface area (Å²) in [7, 11) is 0. The topological polar surface area (TPSA) is 86.2 Å². The highest BCUT2D eigenvalue weighted by Crippen LogP contribution is 2.34. The van der Waals surface area contributed by atoms with Gasteiger partial charge in [0.15, 0.2) is 0 Å². The van der Waals surface area contributed by atoms with Crippen molar-refractivity contribution in [3.05, 3.63) is 66.0 Å². The first-order chi connectivity index (χ1) is 16.8. The molecule has 0 saturated carbocycles. The van der Waals surface area contributed by atoms with Gasteiger partial charge in [-0.2, -0.15) is 18.2 Å². The van der Waals surface area contributed by atoms with E-state index in [1.807, 2.05) is 42.5 Å². The predicted octanol–water partition coefficient (Wildman–Crippen LogP) is 4.43. The zero-order valence-corrected chi connectivity index (χ0v) is 19.5. The van der Waals surface area contributed by atoms with Crippen LogP contribution in [0.1, 0.15) is 30.9 Å². The molecule has 186 valence electrons. The molecule has 0 amide bonds. The van der Waals surface area contributed by atoms with Gasteiger partial charge in [0.05, 0.1) is 17.8 Å². The number of likely N-dealkylation sites (tertiary alicyclic amines) is 1. The van der Waals surface area contributed by atoms with E-state index in [0.29, 0.717) is 13.1 Å². The lowest BCUT2D eigenvalue weighted by Crippen LogP contribution is -2.42. The van der Waals surface area contributed by atoms with Gasteiger partial charge >= 0.3 is 6.18 Å². The Bertz CT molecular complexity index is 1090. The molecule has 0 radical (unpaired) electrons. The number of hydrogen-bond donors (Lipinski definition) is 3. The van der Waals surface area contributed by atoms with Gasteiger partial charge in [0, 0.05) is 31.0 Å². The van der Waals surface area contributed by atoms with E-state index in [9.17, 15) is 18.3 Å². The Hall–Kier alpha value is -3.24. The number of pyridine rings is 1. The zero-order chi connectivity index (χ0) is 24.8. The van der Waals surface area contributed by atoms with Gasteiger partial charge in [0.2, 0.25) is 5.95 Å². The second kappa shape index (κ2) is 11.0. The molecule has 35 heavy (non-hydrogen) atoms. The molecule has 0 unspecified atom stereocenters. The summed E-state index contributed by atoms with van der Waals surface area (Å²) in [5.74, 6) is -0.273. The van der Waals surface area contributed by atoms with Crippen LogP contribution in [0.2, 0.25) is 0 Å². The molecule has 3 N–H and O–H groups in total. The van der Waals surface area contributed by atoms with Crippen LogP contribution in [0, 0.1) is 0 Å². The summed E-state index contributed by atoms with van der Waals surface area (Å²) in [6.07, 6.45) is -0.891. The molecule has 10 heteroatoms. The first-order valence-corrected chi connectivity index (χ1v) is 11.6. The monoisotopic (exact) mass is 486 g/mol. The van der Waals surface area contributed by atoms with Crippen LogP contribution in [0.3, 0.4) is 0 Å². The number of nitrogens with zero attached hydrogens (tertiary/aromatic N) is 4. The molecule has 0 bridgehead atoms. The molecule has 7 nitrogen and oxygen atoms in total. The van der Waals surface area contributed by atoms with Crippen LogP contribution in [0.25, 0.3) is 11.3 Å². The molecule has 1 saturated heterocycles. The van der Waals surface area contributed by atoms with E-state index in [1.54, 1.807) is 13.1 Å². The van der Waals surface area contributed by atoms with E-state index in [2.05, 4.69) is 30.5 Å².